The molecule has 1 saturated heterocycles. The molecule has 1 aromatic heterocycles. The number of rotatable bonds is 6. The Balaban J connectivity index is 0.00000261. The number of benzene rings is 1. The average molecular weight is 485 g/mol. The number of para-hydroxylation sites is 2. The molecule has 2 heterocycles. The number of nitrogens with zero attached hydrogens (tertiary/aromatic N) is 5. The molecule has 1 aliphatic heterocycles. The minimum absolute atomic E-state index is 0. The van der Waals surface area contributed by atoms with Crippen molar-refractivity contribution in [2.75, 3.05) is 32.1 Å². The van der Waals surface area contributed by atoms with Crippen molar-refractivity contribution in [2.24, 2.45) is 4.99 Å². The van der Waals surface area contributed by atoms with E-state index >= 15 is 0 Å². The highest BCUT2D eigenvalue weighted by Crippen LogP contribution is 2.30. The molecule has 2 N–H and O–H groups in total. The molecular formula is C18H28IN7O. The number of hydrogen-bond acceptors (Lipinski definition) is 5. The molecular weight excluding hydrogens is 457 g/mol. The van der Waals surface area contributed by atoms with E-state index < -0.39 is 0 Å². The fourth-order valence-corrected chi connectivity index (χ4v) is 3.22. The zero-order chi connectivity index (χ0) is 18.4. The van der Waals surface area contributed by atoms with Crippen molar-refractivity contribution in [1.29, 1.82) is 0 Å². The first kappa shape index (κ1) is 21.3. The SMILES string of the molecule is CCn1cnnc1CNC(=NC)NC1CCN(c2ccccc2OC)C1.I. The summed E-state index contributed by atoms with van der Waals surface area (Å²) in [5.74, 6) is 2.59. The number of methoxy groups -OCH3 is 1. The predicted octanol–water partition coefficient (Wildman–Crippen LogP) is 1.87. The number of nitrogens with one attached hydrogen (secondary N) is 2. The Morgan fingerprint density at radius 2 is 2.19 bits per heavy atom. The van der Waals surface area contributed by atoms with E-state index in [0.717, 1.165) is 49.3 Å². The van der Waals surface area contributed by atoms with E-state index in [2.05, 4.69) is 43.7 Å². The van der Waals surface area contributed by atoms with Crippen LogP contribution >= 0.6 is 24.0 Å². The second-order valence-electron chi connectivity index (χ2n) is 6.21. The van der Waals surface area contributed by atoms with Crippen LogP contribution < -0.4 is 20.3 Å². The van der Waals surface area contributed by atoms with E-state index in [1.54, 1.807) is 20.5 Å². The lowest BCUT2D eigenvalue weighted by molar-refractivity contribution is 0.415. The summed E-state index contributed by atoms with van der Waals surface area (Å²) >= 11 is 0. The van der Waals surface area contributed by atoms with Gasteiger partial charge in [0.1, 0.15) is 12.1 Å². The molecule has 2 aromatic rings. The largest absolute Gasteiger partial charge is 0.495 e. The lowest BCUT2D eigenvalue weighted by Gasteiger charge is -2.22. The average Bonchev–Trinajstić information content (AvgIpc) is 3.34. The molecule has 148 valence electrons. The van der Waals surface area contributed by atoms with Crippen LogP contribution in [0.25, 0.3) is 0 Å². The molecule has 0 aliphatic carbocycles. The van der Waals surface area contributed by atoms with Crippen LogP contribution in [-0.4, -0.2) is 54.0 Å². The zero-order valence-corrected chi connectivity index (χ0v) is 18.4. The van der Waals surface area contributed by atoms with Gasteiger partial charge in [0, 0.05) is 32.7 Å². The third-order valence-electron chi connectivity index (χ3n) is 4.63. The second kappa shape index (κ2) is 10.3. The van der Waals surface area contributed by atoms with Gasteiger partial charge in [-0.15, -0.1) is 34.2 Å². The fraction of sp³-hybridized carbons (Fsp3) is 0.500. The number of halogens is 1. The molecule has 1 atom stereocenters. The van der Waals surface area contributed by atoms with Crippen molar-refractivity contribution < 1.29 is 4.74 Å². The van der Waals surface area contributed by atoms with Crippen LogP contribution in [0, 0.1) is 0 Å². The highest BCUT2D eigenvalue weighted by molar-refractivity contribution is 14.0. The summed E-state index contributed by atoms with van der Waals surface area (Å²) in [6, 6.07) is 8.47. The van der Waals surface area contributed by atoms with Gasteiger partial charge >= 0.3 is 0 Å². The number of aryl methyl sites for hydroxylation is 1. The maximum atomic E-state index is 5.48. The van der Waals surface area contributed by atoms with Gasteiger partial charge in [0.2, 0.25) is 0 Å². The quantitative estimate of drug-likeness (QED) is 0.370. The second-order valence-corrected chi connectivity index (χ2v) is 6.21. The van der Waals surface area contributed by atoms with Crippen LogP contribution in [0.2, 0.25) is 0 Å². The number of aliphatic imine (C=N–C) groups is 1. The van der Waals surface area contributed by atoms with Gasteiger partial charge < -0.3 is 24.8 Å². The van der Waals surface area contributed by atoms with Crippen molar-refractivity contribution in [2.45, 2.75) is 32.5 Å². The number of hydrogen-bond donors (Lipinski definition) is 2. The van der Waals surface area contributed by atoms with E-state index in [1.807, 2.05) is 22.8 Å². The van der Waals surface area contributed by atoms with E-state index in [1.165, 1.54) is 0 Å². The smallest absolute Gasteiger partial charge is 0.191 e. The minimum Gasteiger partial charge on any atom is -0.495 e. The summed E-state index contributed by atoms with van der Waals surface area (Å²) < 4.78 is 7.50. The van der Waals surface area contributed by atoms with Gasteiger partial charge in [-0.3, -0.25) is 4.99 Å². The highest BCUT2D eigenvalue weighted by Gasteiger charge is 2.25. The standard InChI is InChI=1S/C18H27N7O.HI/c1-4-24-13-21-23-17(24)11-20-18(19-2)22-14-9-10-25(12-14)15-7-5-6-8-16(15)26-3;/h5-8,13-14H,4,9-12H2,1-3H3,(H2,19,20,22);1H. The lowest BCUT2D eigenvalue weighted by atomic mass is 10.2. The molecule has 3 rings (SSSR count). The summed E-state index contributed by atoms with van der Waals surface area (Å²) in [6.07, 6.45) is 2.79. The molecule has 1 unspecified atom stereocenters. The lowest BCUT2D eigenvalue weighted by Crippen LogP contribution is -2.44. The molecule has 1 aliphatic rings. The first-order valence-corrected chi connectivity index (χ1v) is 8.97. The molecule has 9 heteroatoms. The minimum atomic E-state index is 0. The number of guanidine groups is 1. The Hall–Kier alpha value is -2.04. The van der Waals surface area contributed by atoms with Crippen LogP contribution in [0.5, 0.6) is 5.75 Å². The first-order valence-electron chi connectivity index (χ1n) is 8.97. The molecule has 8 nitrogen and oxygen atoms in total. The van der Waals surface area contributed by atoms with Crippen molar-refractivity contribution in [3.05, 3.63) is 36.4 Å². The molecule has 27 heavy (non-hydrogen) atoms. The fourth-order valence-electron chi connectivity index (χ4n) is 3.22. The maximum absolute atomic E-state index is 5.48. The monoisotopic (exact) mass is 485 g/mol. The molecule has 0 bridgehead atoms. The van der Waals surface area contributed by atoms with Gasteiger partial charge in [0.05, 0.1) is 19.3 Å². The number of aromatic nitrogens is 3. The Morgan fingerprint density at radius 1 is 1.37 bits per heavy atom. The van der Waals surface area contributed by atoms with E-state index in [4.69, 9.17) is 4.74 Å². The van der Waals surface area contributed by atoms with Gasteiger partial charge in [-0.25, -0.2) is 0 Å². The number of ether oxygens (including phenoxy) is 1. The van der Waals surface area contributed by atoms with E-state index in [9.17, 15) is 0 Å². The Bertz CT molecular complexity index is 749. The van der Waals surface area contributed by atoms with Gasteiger partial charge in [-0.05, 0) is 25.5 Å². The maximum Gasteiger partial charge on any atom is 0.191 e. The van der Waals surface area contributed by atoms with E-state index in [0.29, 0.717) is 12.6 Å². The van der Waals surface area contributed by atoms with Crippen molar-refractivity contribution in [1.82, 2.24) is 25.4 Å². The van der Waals surface area contributed by atoms with Crippen LogP contribution in [0.3, 0.4) is 0 Å². The van der Waals surface area contributed by atoms with Gasteiger partial charge in [-0.2, -0.15) is 0 Å². The summed E-state index contributed by atoms with van der Waals surface area (Å²) in [4.78, 5) is 6.68. The summed E-state index contributed by atoms with van der Waals surface area (Å²) in [7, 11) is 3.50. The van der Waals surface area contributed by atoms with Crippen LogP contribution in [-0.2, 0) is 13.1 Å². The van der Waals surface area contributed by atoms with Crippen LogP contribution in [0.1, 0.15) is 19.2 Å². The van der Waals surface area contributed by atoms with Gasteiger partial charge in [0.25, 0.3) is 0 Å². The summed E-state index contributed by atoms with van der Waals surface area (Å²) in [5, 5.41) is 14.9. The van der Waals surface area contributed by atoms with E-state index in [-0.39, 0.29) is 24.0 Å². The molecule has 0 saturated carbocycles. The van der Waals surface area contributed by atoms with Gasteiger partial charge in [-0.1, -0.05) is 12.1 Å². The normalized spacial score (nSPS) is 16.8. The van der Waals surface area contributed by atoms with Crippen LogP contribution in [0.15, 0.2) is 35.6 Å². The third-order valence-corrected chi connectivity index (χ3v) is 4.63. The third kappa shape index (κ3) is 5.24. The van der Waals surface area contributed by atoms with Crippen molar-refractivity contribution in [3.8, 4) is 5.75 Å². The number of anilines is 1. The summed E-state index contributed by atoms with van der Waals surface area (Å²) in [6.45, 7) is 5.42. The van der Waals surface area contributed by atoms with Gasteiger partial charge in [0.15, 0.2) is 11.8 Å². The Kier molecular flexibility index (Phi) is 8.14. The highest BCUT2D eigenvalue weighted by atomic mass is 127. The van der Waals surface area contributed by atoms with Crippen molar-refractivity contribution >= 4 is 35.6 Å². The molecule has 1 fully saturated rings. The Labute approximate surface area is 177 Å². The molecule has 1 aromatic carbocycles. The summed E-state index contributed by atoms with van der Waals surface area (Å²) in [5.41, 5.74) is 1.14. The van der Waals surface area contributed by atoms with Crippen LogP contribution in [0.4, 0.5) is 5.69 Å². The topological polar surface area (TPSA) is 79.6 Å². The molecule has 0 spiro atoms. The first-order chi connectivity index (χ1) is 12.7. The predicted molar refractivity (Wildman–Crippen MR) is 118 cm³/mol. The molecule has 0 radical (unpaired) electrons. The Morgan fingerprint density at radius 3 is 2.93 bits per heavy atom. The zero-order valence-electron chi connectivity index (χ0n) is 16.1. The molecule has 0 amide bonds. The van der Waals surface area contributed by atoms with Crippen molar-refractivity contribution in [3.63, 3.8) is 0 Å².